The van der Waals surface area contributed by atoms with E-state index < -0.39 is 59.6 Å². The Labute approximate surface area is 288 Å². The van der Waals surface area contributed by atoms with Gasteiger partial charge in [-0.05, 0) is 74.7 Å². The number of ether oxygens (including phenoxy) is 5. The number of aliphatic hydroxyl groups excluding tert-OH is 1. The maximum atomic E-state index is 13.1. The van der Waals surface area contributed by atoms with Crippen molar-refractivity contribution in [1.29, 1.82) is 0 Å². The number of aliphatic hydroxyl groups is 1. The fourth-order valence-corrected chi connectivity index (χ4v) is 5.83. The van der Waals surface area contributed by atoms with E-state index in [2.05, 4.69) is 31.5 Å². The van der Waals surface area contributed by atoms with Gasteiger partial charge in [0.2, 0.25) is 0 Å². The number of terminal acetylenes is 1. The Kier molecular flexibility index (Phi) is 12.5. The summed E-state index contributed by atoms with van der Waals surface area (Å²) in [6, 6.07) is -0.984. The average Bonchev–Trinajstić information content (AvgIpc) is 3.64. The Morgan fingerprint density at radius 1 is 1.08 bits per heavy atom. The van der Waals surface area contributed by atoms with Crippen LogP contribution in [0, 0.1) is 12.3 Å². The van der Waals surface area contributed by atoms with Crippen molar-refractivity contribution in [2.45, 2.75) is 129 Å². The quantitative estimate of drug-likeness (QED) is 0.142. The Hall–Kier alpha value is -3.55. The molecule has 2 aliphatic rings. The number of carbonyl (C=O) groups excluding carboxylic acids is 2. The average molecular weight is 688 g/mol. The molecule has 0 bridgehead atoms. The number of nitrogens with one attached hydrogen (secondary N) is 2. The molecule has 4 rings (SSSR count). The summed E-state index contributed by atoms with van der Waals surface area (Å²) in [5, 5.41) is 16.0. The molecule has 2 aliphatic heterocycles. The molecule has 272 valence electrons. The summed E-state index contributed by atoms with van der Waals surface area (Å²) in [4.78, 5) is 41.3. The van der Waals surface area contributed by atoms with E-state index in [0.717, 1.165) is 19.3 Å². The molecule has 5 atom stereocenters. The van der Waals surface area contributed by atoms with Crippen LogP contribution in [0.5, 0.6) is 0 Å². The van der Waals surface area contributed by atoms with E-state index in [1.165, 1.54) is 6.33 Å². The monoisotopic (exact) mass is 687 g/mol. The Morgan fingerprint density at radius 2 is 1.80 bits per heavy atom. The minimum Gasteiger partial charge on any atom is -0.458 e. The van der Waals surface area contributed by atoms with Crippen LogP contribution in [0.1, 0.15) is 87.3 Å². The Balaban J connectivity index is 1.50. The van der Waals surface area contributed by atoms with Crippen LogP contribution in [0.25, 0.3) is 11.2 Å². The molecule has 0 spiro atoms. The van der Waals surface area contributed by atoms with Gasteiger partial charge in [0.05, 0.1) is 12.9 Å². The first kappa shape index (κ1) is 38.3. The van der Waals surface area contributed by atoms with Crippen molar-refractivity contribution < 1.29 is 38.4 Å². The van der Waals surface area contributed by atoms with Crippen LogP contribution in [0.15, 0.2) is 12.7 Å². The highest BCUT2D eigenvalue weighted by Crippen LogP contribution is 2.44. The van der Waals surface area contributed by atoms with Gasteiger partial charge < -0.3 is 39.4 Å². The number of rotatable bonds is 15. The lowest BCUT2D eigenvalue weighted by Crippen LogP contribution is -2.48. The first-order valence-corrected chi connectivity index (χ1v) is 16.9. The summed E-state index contributed by atoms with van der Waals surface area (Å²) in [6.45, 7) is 15.8. The third kappa shape index (κ3) is 10.7. The van der Waals surface area contributed by atoms with E-state index in [1.54, 1.807) is 47.9 Å². The lowest BCUT2D eigenvalue weighted by Gasteiger charge is -2.30. The van der Waals surface area contributed by atoms with Gasteiger partial charge in [0.25, 0.3) is 0 Å². The topological polar surface area (TPSA) is 171 Å². The van der Waals surface area contributed by atoms with E-state index in [1.807, 2.05) is 23.3 Å². The van der Waals surface area contributed by atoms with Crippen molar-refractivity contribution in [3.05, 3.63) is 12.7 Å². The van der Waals surface area contributed by atoms with Crippen LogP contribution >= 0.6 is 0 Å². The molecule has 2 fully saturated rings. The lowest BCUT2D eigenvalue weighted by molar-refractivity contribution is -0.198. The Morgan fingerprint density at radius 3 is 2.47 bits per heavy atom. The van der Waals surface area contributed by atoms with Gasteiger partial charge in [-0.3, -0.25) is 9.47 Å². The maximum absolute atomic E-state index is 13.1. The van der Waals surface area contributed by atoms with E-state index in [9.17, 15) is 14.7 Å². The number of imidazole rings is 1. The van der Waals surface area contributed by atoms with Crippen molar-refractivity contribution in [3.63, 3.8) is 0 Å². The molecule has 0 radical (unpaired) electrons. The zero-order chi connectivity index (χ0) is 36.0. The molecule has 0 aliphatic carbocycles. The Bertz CT molecular complexity index is 1460. The summed E-state index contributed by atoms with van der Waals surface area (Å²) < 4.78 is 32.2. The molecule has 49 heavy (non-hydrogen) atoms. The summed E-state index contributed by atoms with van der Waals surface area (Å²) in [6.07, 6.45) is 8.51. The molecule has 1 amide bonds. The van der Waals surface area contributed by atoms with Crippen LogP contribution in [-0.4, -0.2) is 116 Å². The predicted octanol–water partition coefficient (Wildman–Crippen LogP) is 3.38. The summed E-state index contributed by atoms with van der Waals surface area (Å²) in [7, 11) is 0. The number of hydrogen-bond donors (Lipinski definition) is 3. The van der Waals surface area contributed by atoms with Crippen molar-refractivity contribution in [2.24, 2.45) is 0 Å². The molecule has 0 unspecified atom stereocenters. The minimum atomic E-state index is -0.984. The molecule has 15 heteroatoms. The van der Waals surface area contributed by atoms with Crippen molar-refractivity contribution in [2.75, 3.05) is 38.1 Å². The molecule has 2 aromatic rings. The second kappa shape index (κ2) is 16.0. The molecule has 2 aromatic heterocycles. The van der Waals surface area contributed by atoms with E-state index >= 15 is 0 Å². The highest BCUT2D eigenvalue weighted by molar-refractivity contribution is 5.83. The van der Waals surface area contributed by atoms with Gasteiger partial charge in [-0.1, -0.05) is 0 Å². The number of hydrogen-bond acceptors (Lipinski definition) is 13. The van der Waals surface area contributed by atoms with Crippen LogP contribution in [-0.2, 0) is 28.5 Å². The third-order valence-electron chi connectivity index (χ3n) is 7.77. The van der Waals surface area contributed by atoms with Crippen molar-refractivity contribution in [3.8, 4) is 12.3 Å². The lowest BCUT2D eigenvalue weighted by atomic mass is 10.1. The zero-order valence-corrected chi connectivity index (χ0v) is 30.0. The number of carbonyl (C=O) groups is 2. The van der Waals surface area contributed by atoms with Gasteiger partial charge in [-0.15, -0.1) is 12.3 Å². The molecule has 15 nitrogen and oxygen atoms in total. The summed E-state index contributed by atoms with van der Waals surface area (Å²) in [5.74, 6) is 1.83. The number of amides is 1. The first-order chi connectivity index (χ1) is 23.0. The highest BCUT2D eigenvalue weighted by Gasteiger charge is 2.56. The second-order valence-corrected chi connectivity index (χ2v) is 14.8. The van der Waals surface area contributed by atoms with Crippen LogP contribution < -0.4 is 10.6 Å². The number of nitrogens with zero attached hydrogens (tertiary/aromatic N) is 5. The zero-order valence-electron chi connectivity index (χ0n) is 30.0. The van der Waals surface area contributed by atoms with Crippen LogP contribution in [0.3, 0.4) is 0 Å². The van der Waals surface area contributed by atoms with Gasteiger partial charge in [0, 0.05) is 32.6 Å². The molecule has 0 saturated carbocycles. The van der Waals surface area contributed by atoms with Crippen LogP contribution in [0.4, 0.5) is 10.6 Å². The van der Waals surface area contributed by atoms with Crippen LogP contribution in [0.2, 0.25) is 0 Å². The number of alkyl carbamates (subject to hydrolysis) is 1. The number of anilines is 1. The summed E-state index contributed by atoms with van der Waals surface area (Å²) in [5.41, 5.74) is -0.318. The molecule has 4 heterocycles. The van der Waals surface area contributed by atoms with Gasteiger partial charge >= 0.3 is 12.1 Å². The molecular weight excluding hydrogens is 634 g/mol. The van der Waals surface area contributed by atoms with Crippen molar-refractivity contribution in [1.82, 2.24) is 29.7 Å². The molecule has 3 N–H and O–H groups in total. The largest absolute Gasteiger partial charge is 0.458 e. The van der Waals surface area contributed by atoms with Gasteiger partial charge in [-0.25, -0.2) is 24.5 Å². The number of fused-ring (bicyclic) bond motifs is 2. The van der Waals surface area contributed by atoms with E-state index in [-0.39, 0.29) is 19.6 Å². The summed E-state index contributed by atoms with van der Waals surface area (Å²) >= 11 is 0. The predicted molar refractivity (Wildman–Crippen MR) is 181 cm³/mol. The molecule has 2 saturated heterocycles. The number of aromatic nitrogens is 4. The first-order valence-electron chi connectivity index (χ1n) is 16.9. The second-order valence-electron chi connectivity index (χ2n) is 14.8. The molecule has 0 aromatic carbocycles. The third-order valence-corrected chi connectivity index (χ3v) is 7.77. The maximum Gasteiger partial charge on any atom is 0.408 e. The van der Waals surface area contributed by atoms with Gasteiger partial charge in [-0.2, -0.15) is 0 Å². The minimum absolute atomic E-state index is 0.134. The fraction of sp³-hybridized carbons (Fsp3) is 0.735. The van der Waals surface area contributed by atoms with Crippen molar-refractivity contribution >= 4 is 29.0 Å². The van der Waals surface area contributed by atoms with E-state index in [0.29, 0.717) is 36.6 Å². The highest BCUT2D eigenvalue weighted by atomic mass is 16.8. The standard InChI is InChI=1S/C34H53N7O8/c1-10-11-12-13-15-35-27-24-28(37-20-36-27)41(21-38-24)29-26-25(46-34(8,9)47-26)23(45-29)19-40(17-18-42)16-14-22(30(43)48-32(2,3)4)39-31(44)49-33(5,6)7/h1,20-23,25-26,29,42H,11-19H2,2-9H3,(H,39,44)(H,35,36,37)/t22-,23+,25+,26+,29+/m0/s1. The molecular formula is C34H53N7O8. The SMILES string of the molecule is C#CCCCCNc1ncnc2c1ncn2[C@@H]1O[C@H](CN(CCO)CC[C@H](NC(=O)OC(C)(C)C)C(=O)OC(C)(C)C)[C@H]2OC(C)(C)O[C@H]21. The number of esters is 1. The number of unbranched alkanes of at least 4 members (excludes halogenated alkanes) is 2. The normalized spacial score (nSPS) is 22.5. The smallest absolute Gasteiger partial charge is 0.408 e. The fourth-order valence-electron chi connectivity index (χ4n) is 5.83. The van der Waals surface area contributed by atoms with E-state index in [4.69, 9.17) is 30.1 Å². The van der Waals surface area contributed by atoms with Gasteiger partial charge in [0.1, 0.15) is 41.9 Å². The van der Waals surface area contributed by atoms with Gasteiger partial charge in [0.15, 0.2) is 29.0 Å².